The molecular weight excluding hydrogens is 421 g/mol. The van der Waals surface area contributed by atoms with Crippen molar-refractivity contribution in [1.29, 1.82) is 0 Å². The maximum Gasteiger partial charge on any atom is 0.191 e. The van der Waals surface area contributed by atoms with Gasteiger partial charge >= 0.3 is 0 Å². The molecular formula is C17H36IN3O3. The van der Waals surface area contributed by atoms with Crippen LogP contribution in [0.15, 0.2) is 4.99 Å². The highest BCUT2D eigenvalue weighted by Crippen LogP contribution is 2.12. The number of unbranched alkanes of at least 4 members (excludes halogenated alkanes) is 1. The fourth-order valence-electron chi connectivity index (χ4n) is 2.34. The predicted molar refractivity (Wildman–Crippen MR) is 109 cm³/mol. The Kier molecular flexibility index (Phi) is 17.6. The molecule has 1 heterocycles. The second-order valence-electron chi connectivity index (χ2n) is 5.75. The molecule has 1 aliphatic rings. The minimum atomic E-state index is 0. The van der Waals surface area contributed by atoms with Crippen LogP contribution in [0.5, 0.6) is 0 Å². The largest absolute Gasteiger partial charge is 0.382 e. The van der Waals surface area contributed by atoms with Gasteiger partial charge in [-0.1, -0.05) is 0 Å². The average Bonchev–Trinajstić information content (AvgIpc) is 3.07. The summed E-state index contributed by atoms with van der Waals surface area (Å²) in [4.78, 5) is 4.58. The molecule has 0 amide bonds. The van der Waals surface area contributed by atoms with Crippen LogP contribution < -0.4 is 10.6 Å². The first kappa shape index (κ1) is 23.9. The summed E-state index contributed by atoms with van der Waals surface area (Å²) in [6.45, 7) is 11.7. The van der Waals surface area contributed by atoms with Crippen LogP contribution in [0, 0.1) is 5.92 Å². The monoisotopic (exact) mass is 457 g/mol. The van der Waals surface area contributed by atoms with E-state index in [-0.39, 0.29) is 24.0 Å². The highest BCUT2D eigenvalue weighted by molar-refractivity contribution is 14.0. The van der Waals surface area contributed by atoms with E-state index in [1.165, 1.54) is 0 Å². The number of hydrogen-bond acceptors (Lipinski definition) is 4. The number of nitrogens with one attached hydrogen (secondary N) is 2. The summed E-state index contributed by atoms with van der Waals surface area (Å²) < 4.78 is 16.4. The molecule has 1 atom stereocenters. The van der Waals surface area contributed by atoms with E-state index in [4.69, 9.17) is 14.2 Å². The molecule has 0 saturated carbocycles. The molecule has 0 aliphatic carbocycles. The Morgan fingerprint density at radius 1 is 1.12 bits per heavy atom. The van der Waals surface area contributed by atoms with Crippen LogP contribution in [0.1, 0.15) is 39.5 Å². The predicted octanol–water partition coefficient (Wildman–Crippen LogP) is 2.42. The van der Waals surface area contributed by atoms with Crippen LogP contribution >= 0.6 is 24.0 Å². The maximum atomic E-state index is 5.69. The average molecular weight is 457 g/mol. The molecule has 1 fully saturated rings. The number of hydrogen-bond donors (Lipinski definition) is 2. The molecule has 0 aromatic rings. The van der Waals surface area contributed by atoms with Gasteiger partial charge in [-0.15, -0.1) is 24.0 Å². The number of aliphatic imine (C=N–C) groups is 1. The molecule has 0 radical (unpaired) electrons. The van der Waals surface area contributed by atoms with Crippen molar-refractivity contribution in [3.8, 4) is 0 Å². The number of ether oxygens (including phenoxy) is 3. The lowest BCUT2D eigenvalue weighted by atomic mass is 10.1. The normalized spacial score (nSPS) is 17.6. The number of guanidine groups is 1. The van der Waals surface area contributed by atoms with Crippen molar-refractivity contribution >= 4 is 29.9 Å². The number of rotatable bonds is 13. The molecule has 1 saturated heterocycles. The fourth-order valence-corrected chi connectivity index (χ4v) is 2.34. The molecule has 0 bridgehead atoms. The lowest BCUT2D eigenvalue weighted by Crippen LogP contribution is -2.38. The van der Waals surface area contributed by atoms with Crippen LogP contribution in [0.4, 0.5) is 0 Å². The van der Waals surface area contributed by atoms with Crippen molar-refractivity contribution in [3.05, 3.63) is 0 Å². The highest BCUT2D eigenvalue weighted by Gasteiger charge is 2.15. The molecule has 1 aliphatic heterocycles. The van der Waals surface area contributed by atoms with Crippen molar-refractivity contribution in [2.45, 2.75) is 39.5 Å². The van der Waals surface area contributed by atoms with Crippen molar-refractivity contribution in [2.24, 2.45) is 10.9 Å². The zero-order valence-corrected chi connectivity index (χ0v) is 17.7. The van der Waals surface area contributed by atoms with E-state index in [0.717, 1.165) is 90.9 Å². The van der Waals surface area contributed by atoms with Crippen LogP contribution in [0.2, 0.25) is 0 Å². The van der Waals surface area contributed by atoms with Gasteiger partial charge in [0.2, 0.25) is 0 Å². The Balaban J connectivity index is 0.00000529. The third-order valence-electron chi connectivity index (χ3n) is 3.65. The topological polar surface area (TPSA) is 64.1 Å². The van der Waals surface area contributed by atoms with E-state index < -0.39 is 0 Å². The second kappa shape index (κ2) is 17.7. The Labute approximate surface area is 164 Å². The smallest absolute Gasteiger partial charge is 0.191 e. The lowest BCUT2D eigenvalue weighted by molar-refractivity contribution is 0.0893. The minimum Gasteiger partial charge on any atom is -0.382 e. The Morgan fingerprint density at radius 2 is 1.96 bits per heavy atom. The van der Waals surface area contributed by atoms with Gasteiger partial charge in [0.1, 0.15) is 0 Å². The van der Waals surface area contributed by atoms with Crippen molar-refractivity contribution < 1.29 is 14.2 Å². The molecule has 1 rings (SSSR count). The lowest BCUT2D eigenvalue weighted by Gasteiger charge is -2.11. The summed E-state index contributed by atoms with van der Waals surface area (Å²) in [6.07, 6.45) is 4.26. The second-order valence-corrected chi connectivity index (χ2v) is 5.75. The molecule has 6 nitrogen and oxygen atoms in total. The summed E-state index contributed by atoms with van der Waals surface area (Å²) in [5.74, 6) is 1.49. The Morgan fingerprint density at radius 3 is 2.67 bits per heavy atom. The van der Waals surface area contributed by atoms with Crippen molar-refractivity contribution in [2.75, 3.05) is 59.3 Å². The minimum absolute atomic E-state index is 0. The summed E-state index contributed by atoms with van der Waals surface area (Å²) in [6, 6.07) is 0. The summed E-state index contributed by atoms with van der Waals surface area (Å²) in [7, 11) is 0. The summed E-state index contributed by atoms with van der Waals surface area (Å²) in [5, 5.41) is 6.63. The molecule has 1 unspecified atom stereocenters. The molecule has 24 heavy (non-hydrogen) atoms. The Hall–Kier alpha value is -0.120. The standard InChI is InChI=1S/C17H35N3O3.HI/c1-3-18-17(19-9-5-6-11-21-4-2)20-10-7-12-22-14-16-8-13-23-15-16;/h16H,3-15H2,1-2H3,(H2,18,19,20);1H. The first-order valence-corrected chi connectivity index (χ1v) is 9.12. The first-order chi connectivity index (χ1) is 11.4. The van der Waals surface area contributed by atoms with E-state index in [9.17, 15) is 0 Å². The van der Waals surface area contributed by atoms with Crippen LogP contribution in [0.3, 0.4) is 0 Å². The van der Waals surface area contributed by atoms with Gasteiger partial charge < -0.3 is 24.8 Å². The summed E-state index contributed by atoms with van der Waals surface area (Å²) in [5.41, 5.74) is 0. The van der Waals surface area contributed by atoms with E-state index in [1.807, 2.05) is 6.92 Å². The van der Waals surface area contributed by atoms with Gasteiger partial charge in [0.15, 0.2) is 5.96 Å². The third kappa shape index (κ3) is 13.2. The van der Waals surface area contributed by atoms with Gasteiger partial charge in [0, 0.05) is 52.0 Å². The SMILES string of the molecule is CCNC(=NCCCOCC1CCOC1)NCCCCOCC.I. The van der Waals surface area contributed by atoms with Gasteiger partial charge in [-0.2, -0.15) is 0 Å². The third-order valence-corrected chi connectivity index (χ3v) is 3.65. The molecule has 144 valence electrons. The zero-order valence-electron chi connectivity index (χ0n) is 15.3. The summed E-state index contributed by atoms with van der Waals surface area (Å²) >= 11 is 0. The van der Waals surface area contributed by atoms with Crippen LogP contribution in [0.25, 0.3) is 0 Å². The van der Waals surface area contributed by atoms with E-state index in [2.05, 4.69) is 22.5 Å². The van der Waals surface area contributed by atoms with Gasteiger partial charge in [0.25, 0.3) is 0 Å². The van der Waals surface area contributed by atoms with E-state index in [0.29, 0.717) is 5.92 Å². The van der Waals surface area contributed by atoms with E-state index in [1.54, 1.807) is 0 Å². The zero-order chi connectivity index (χ0) is 16.6. The van der Waals surface area contributed by atoms with Crippen LogP contribution in [-0.2, 0) is 14.2 Å². The van der Waals surface area contributed by atoms with Crippen molar-refractivity contribution in [3.63, 3.8) is 0 Å². The maximum absolute atomic E-state index is 5.69. The number of halogens is 1. The number of nitrogens with zero attached hydrogens (tertiary/aromatic N) is 1. The quantitative estimate of drug-likeness (QED) is 0.193. The highest BCUT2D eigenvalue weighted by atomic mass is 127. The van der Waals surface area contributed by atoms with Gasteiger partial charge in [-0.05, 0) is 39.5 Å². The molecule has 7 heteroatoms. The molecule has 0 aromatic carbocycles. The molecule has 0 aromatic heterocycles. The molecule has 2 N–H and O–H groups in total. The van der Waals surface area contributed by atoms with Gasteiger partial charge in [-0.3, -0.25) is 4.99 Å². The fraction of sp³-hybridized carbons (Fsp3) is 0.941. The first-order valence-electron chi connectivity index (χ1n) is 9.12. The van der Waals surface area contributed by atoms with Gasteiger partial charge in [-0.25, -0.2) is 0 Å². The van der Waals surface area contributed by atoms with Crippen LogP contribution in [-0.4, -0.2) is 65.2 Å². The molecule has 0 spiro atoms. The Bertz CT molecular complexity index is 301. The van der Waals surface area contributed by atoms with E-state index >= 15 is 0 Å². The van der Waals surface area contributed by atoms with Gasteiger partial charge in [0.05, 0.1) is 13.2 Å². The van der Waals surface area contributed by atoms with Crippen molar-refractivity contribution in [1.82, 2.24) is 10.6 Å².